The first-order chi connectivity index (χ1) is 16.5. The fourth-order valence-corrected chi connectivity index (χ4v) is 4.00. The Labute approximate surface area is 208 Å². The lowest BCUT2D eigenvalue weighted by molar-refractivity contribution is -0.150. The van der Waals surface area contributed by atoms with Gasteiger partial charge in [0, 0.05) is 17.7 Å². The third kappa shape index (κ3) is 9.73. The number of benzene rings is 1. The maximum Gasteiger partial charge on any atom is 0.262 e. The molecule has 0 saturated heterocycles. The molecule has 0 radical (unpaired) electrons. The van der Waals surface area contributed by atoms with Crippen molar-refractivity contribution in [3.05, 3.63) is 58.3 Å². The minimum absolute atomic E-state index is 0.108. The van der Waals surface area contributed by atoms with Gasteiger partial charge in [0.25, 0.3) is 11.8 Å². The predicted octanol–water partition coefficient (Wildman–Crippen LogP) is 2.98. The fourth-order valence-electron chi connectivity index (χ4n) is 3.35. The molecule has 0 aliphatic carbocycles. The molecule has 1 aromatic heterocycles. The second-order valence-corrected chi connectivity index (χ2v) is 9.71. The summed E-state index contributed by atoms with van der Waals surface area (Å²) in [6.07, 6.45) is -1.17. The van der Waals surface area contributed by atoms with Gasteiger partial charge in [0.2, 0.25) is 11.8 Å². The zero-order chi connectivity index (χ0) is 26.0. The molecule has 3 unspecified atom stereocenters. The number of aliphatic hydroxyl groups excluding tert-OH is 1. The van der Waals surface area contributed by atoms with E-state index >= 15 is 0 Å². The summed E-state index contributed by atoms with van der Waals surface area (Å²) in [5.41, 5.74) is 0.745. The molecule has 7 nitrogen and oxygen atoms in total. The third-order valence-corrected chi connectivity index (χ3v) is 6.35. The van der Waals surface area contributed by atoms with Gasteiger partial charge in [-0.15, -0.1) is 11.3 Å². The van der Waals surface area contributed by atoms with Crippen molar-refractivity contribution in [1.29, 1.82) is 0 Å². The lowest BCUT2D eigenvalue weighted by Crippen LogP contribution is -2.56. The maximum atomic E-state index is 13.9. The largest absolute Gasteiger partial charge is 0.381 e. The molecular weight excluding hydrogens is 476 g/mol. The number of nitrogens with zero attached hydrogens (tertiary/aromatic N) is 1. The van der Waals surface area contributed by atoms with E-state index in [9.17, 15) is 28.3 Å². The van der Waals surface area contributed by atoms with Gasteiger partial charge in [0.15, 0.2) is 6.10 Å². The highest BCUT2D eigenvalue weighted by Gasteiger charge is 2.36. The summed E-state index contributed by atoms with van der Waals surface area (Å²) in [5.74, 6) is -5.70. The highest BCUT2D eigenvalue weighted by Crippen LogP contribution is 2.17. The Kier molecular flexibility index (Phi) is 10.8. The van der Waals surface area contributed by atoms with Crippen LogP contribution in [0.4, 0.5) is 8.78 Å². The number of aliphatic hydroxyl groups is 1. The minimum atomic E-state index is -3.29. The van der Waals surface area contributed by atoms with E-state index in [0.717, 1.165) is 10.4 Å². The van der Waals surface area contributed by atoms with E-state index in [0.29, 0.717) is 18.2 Å². The lowest BCUT2D eigenvalue weighted by atomic mass is 9.98. The van der Waals surface area contributed by atoms with Crippen LogP contribution in [0.1, 0.15) is 37.6 Å². The number of hydrogen-bond acceptors (Lipinski definition) is 5. The van der Waals surface area contributed by atoms with E-state index in [1.54, 1.807) is 37.3 Å². The lowest BCUT2D eigenvalue weighted by Gasteiger charge is -2.31. The van der Waals surface area contributed by atoms with Gasteiger partial charge in [-0.25, -0.2) is 8.78 Å². The Morgan fingerprint density at radius 1 is 1.14 bits per heavy atom. The molecule has 1 aromatic carbocycles. The molecule has 0 aliphatic rings. The molecule has 0 saturated carbocycles. The summed E-state index contributed by atoms with van der Waals surface area (Å²) in [7, 11) is 0. The molecule has 0 spiro atoms. The van der Waals surface area contributed by atoms with Crippen molar-refractivity contribution in [2.24, 2.45) is 5.92 Å². The number of alkyl halides is 2. The van der Waals surface area contributed by atoms with Crippen LogP contribution >= 0.6 is 11.3 Å². The van der Waals surface area contributed by atoms with Crippen molar-refractivity contribution < 1.29 is 28.3 Å². The molecule has 3 N–H and O–H groups in total. The molecular formula is C25H33F2N3O4S. The predicted molar refractivity (Wildman–Crippen MR) is 131 cm³/mol. The Balaban J connectivity index is 2.19. The maximum absolute atomic E-state index is 13.9. The summed E-state index contributed by atoms with van der Waals surface area (Å²) >= 11 is 1.42. The van der Waals surface area contributed by atoms with Gasteiger partial charge in [-0.05, 0) is 29.9 Å². The first-order valence-electron chi connectivity index (χ1n) is 11.5. The SMILES string of the molecule is CCC(C)C(=O)NC(Cc1ccccc1)C(O)C(=O)N(CC(=O)NCc1cccs1)CC(C)(F)F. The van der Waals surface area contributed by atoms with Crippen LogP contribution in [0, 0.1) is 5.92 Å². The van der Waals surface area contributed by atoms with Gasteiger partial charge in [-0.2, -0.15) is 0 Å². The second kappa shape index (κ2) is 13.3. The number of halogens is 2. The van der Waals surface area contributed by atoms with Crippen LogP contribution in [0.15, 0.2) is 47.8 Å². The highest BCUT2D eigenvalue weighted by atomic mass is 32.1. The average Bonchev–Trinajstić information content (AvgIpc) is 3.34. The zero-order valence-corrected chi connectivity index (χ0v) is 21.0. The topological polar surface area (TPSA) is 98.7 Å². The summed E-state index contributed by atoms with van der Waals surface area (Å²) in [4.78, 5) is 39.6. The molecule has 10 heteroatoms. The van der Waals surface area contributed by atoms with Gasteiger partial charge < -0.3 is 20.6 Å². The highest BCUT2D eigenvalue weighted by molar-refractivity contribution is 7.09. The number of carbonyl (C=O) groups excluding carboxylic acids is 3. The Morgan fingerprint density at radius 3 is 2.40 bits per heavy atom. The number of hydrogen-bond donors (Lipinski definition) is 3. The number of carbonyl (C=O) groups is 3. The molecule has 0 aliphatic heterocycles. The zero-order valence-electron chi connectivity index (χ0n) is 20.2. The number of nitrogens with one attached hydrogen (secondary N) is 2. The molecule has 0 bridgehead atoms. The molecule has 35 heavy (non-hydrogen) atoms. The van der Waals surface area contributed by atoms with E-state index < -0.39 is 43.0 Å². The molecule has 3 amide bonds. The number of rotatable bonds is 13. The van der Waals surface area contributed by atoms with Gasteiger partial charge in [0.1, 0.15) is 0 Å². The van der Waals surface area contributed by atoms with E-state index in [1.807, 2.05) is 24.4 Å². The van der Waals surface area contributed by atoms with E-state index in [4.69, 9.17) is 0 Å². The summed E-state index contributed by atoms with van der Waals surface area (Å²) in [6, 6.07) is 11.5. The molecule has 3 atom stereocenters. The van der Waals surface area contributed by atoms with Crippen LogP contribution in [0.2, 0.25) is 0 Å². The van der Waals surface area contributed by atoms with Gasteiger partial charge in [0.05, 0.1) is 25.7 Å². The van der Waals surface area contributed by atoms with Crippen LogP contribution in [0.25, 0.3) is 0 Å². The van der Waals surface area contributed by atoms with Crippen LogP contribution in [-0.4, -0.2) is 58.9 Å². The minimum Gasteiger partial charge on any atom is -0.381 e. The van der Waals surface area contributed by atoms with Crippen molar-refractivity contribution in [3.8, 4) is 0 Å². The summed E-state index contributed by atoms with van der Waals surface area (Å²) in [5, 5.41) is 18.0. The molecule has 1 heterocycles. The van der Waals surface area contributed by atoms with Gasteiger partial charge in [-0.3, -0.25) is 14.4 Å². The normalized spacial score (nSPS) is 14.0. The number of thiophene rings is 1. The number of amides is 3. The van der Waals surface area contributed by atoms with Crippen molar-refractivity contribution in [1.82, 2.24) is 15.5 Å². The Morgan fingerprint density at radius 2 is 1.83 bits per heavy atom. The first kappa shape index (κ1) is 28.4. The van der Waals surface area contributed by atoms with Crippen LogP contribution in [0.3, 0.4) is 0 Å². The Bertz CT molecular complexity index is 951. The van der Waals surface area contributed by atoms with Gasteiger partial charge >= 0.3 is 0 Å². The molecule has 0 fully saturated rings. The first-order valence-corrected chi connectivity index (χ1v) is 12.4. The van der Waals surface area contributed by atoms with Crippen molar-refractivity contribution in [2.45, 2.75) is 58.2 Å². The smallest absolute Gasteiger partial charge is 0.262 e. The van der Waals surface area contributed by atoms with E-state index in [-0.39, 0.29) is 24.8 Å². The van der Waals surface area contributed by atoms with Crippen molar-refractivity contribution in [3.63, 3.8) is 0 Å². The Hall–Kier alpha value is -2.85. The quantitative estimate of drug-likeness (QED) is 0.387. The average molecular weight is 510 g/mol. The second-order valence-electron chi connectivity index (χ2n) is 8.68. The summed E-state index contributed by atoms with van der Waals surface area (Å²) < 4.78 is 27.8. The van der Waals surface area contributed by atoms with Crippen molar-refractivity contribution >= 4 is 29.1 Å². The van der Waals surface area contributed by atoms with E-state index in [1.165, 1.54) is 11.3 Å². The molecule has 2 rings (SSSR count). The third-order valence-electron chi connectivity index (χ3n) is 5.47. The standard InChI is InChI=1S/C25H33F2N3O4S/c1-4-17(2)23(33)29-20(13-18-9-6-5-7-10-18)22(32)24(34)30(16-25(3,26)27)15-21(31)28-14-19-11-8-12-35-19/h5-12,17,20,22,32H,4,13-16H2,1-3H3,(H,28,31)(H,29,33). The fraction of sp³-hybridized carbons (Fsp3) is 0.480. The van der Waals surface area contributed by atoms with E-state index in [2.05, 4.69) is 10.6 Å². The monoisotopic (exact) mass is 509 g/mol. The van der Waals surface area contributed by atoms with Crippen molar-refractivity contribution in [2.75, 3.05) is 13.1 Å². The molecule has 2 aromatic rings. The summed E-state index contributed by atoms with van der Waals surface area (Å²) in [6.45, 7) is 2.68. The van der Waals surface area contributed by atoms with Gasteiger partial charge in [-0.1, -0.05) is 50.2 Å². The van der Waals surface area contributed by atoms with Crippen LogP contribution in [0.5, 0.6) is 0 Å². The van der Waals surface area contributed by atoms with Crippen LogP contribution < -0.4 is 10.6 Å². The van der Waals surface area contributed by atoms with Crippen LogP contribution in [-0.2, 0) is 27.3 Å². The molecule has 192 valence electrons.